The number of rotatable bonds is 10. The number of carbonyl (C=O) groups is 3. The van der Waals surface area contributed by atoms with Gasteiger partial charge in [0.15, 0.2) is 5.78 Å². The number of pyridine rings is 1. The van der Waals surface area contributed by atoms with Crippen LogP contribution in [0.4, 0.5) is 5.69 Å². The van der Waals surface area contributed by atoms with Crippen molar-refractivity contribution in [1.82, 2.24) is 4.57 Å². The van der Waals surface area contributed by atoms with Gasteiger partial charge in [0.2, 0.25) is 0 Å². The van der Waals surface area contributed by atoms with Crippen molar-refractivity contribution >= 4 is 34.3 Å². The number of para-hydroxylation sites is 1. The fourth-order valence-electron chi connectivity index (χ4n) is 3.83. The van der Waals surface area contributed by atoms with Crippen molar-refractivity contribution in [3.63, 3.8) is 0 Å². The van der Waals surface area contributed by atoms with Crippen molar-refractivity contribution in [2.75, 3.05) is 31.2 Å². The lowest BCUT2D eigenvalue weighted by Gasteiger charge is -2.26. The van der Waals surface area contributed by atoms with Crippen LogP contribution < -0.4 is 10.5 Å². The standard InChI is InChI=1S/C26H28N2O6/c1-4-27(17-22(30)33-5-2)24-19-14-10-11-15-20(19)28(25(31)23(24)26(32)34-6-3)16-21(29)18-12-8-7-9-13-18/h7-15H,4-6,16-17H2,1-3H3. The van der Waals surface area contributed by atoms with E-state index in [9.17, 15) is 19.2 Å². The van der Waals surface area contributed by atoms with Gasteiger partial charge in [-0.15, -0.1) is 0 Å². The second-order valence-corrected chi connectivity index (χ2v) is 7.46. The molecule has 3 rings (SSSR count). The number of likely N-dealkylation sites (N-methyl/N-ethyl adjacent to an activating group) is 1. The summed E-state index contributed by atoms with van der Waals surface area (Å²) in [5, 5.41) is 0.553. The third kappa shape index (κ3) is 5.17. The first-order valence-electron chi connectivity index (χ1n) is 11.2. The van der Waals surface area contributed by atoms with Crippen molar-refractivity contribution in [3.8, 4) is 0 Å². The molecule has 0 aliphatic carbocycles. The number of Topliss-reactive ketones (excluding diaryl/α,β-unsaturated/α-hetero) is 1. The van der Waals surface area contributed by atoms with Gasteiger partial charge in [-0.05, 0) is 26.8 Å². The number of hydrogen-bond donors (Lipinski definition) is 0. The van der Waals surface area contributed by atoms with Gasteiger partial charge in [-0.2, -0.15) is 0 Å². The Bertz CT molecular complexity index is 1250. The highest BCUT2D eigenvalue weighted by Crippen LogP contribution is 2.30. The van der Waals surface area contributed by atoms with Gasteiger partial charge in [0, 0.05) is 17.5 Å². The minimum atomic E-state index is -0.809. The molecule has 0 bridgehead atoms. The monoisotopic (exact) mass is 464 g/mol. The van der Waals surface area contributed by atoms with E-state index in [1.54, 1.807) is 73.3 Å². The molecule has 0 aliphatic heterocycles. The molecular formula is C26H28N2O6. The molecule has 0 saturated heterocycles. The molecule has 1 heterocycles. The van der Waals surface area contributed by atoms with Crippen LogP contribution in [0.3, 0.4) is 0 Å². The molecule has 0 saturated carbocycles. The molecular weight excluding hydrogens is 436 g/mol. The van der Waals surface area contributed by atoms with E-state index in [1.807, 2.05) is 6.92 Å². The number of benzene rings is 2. The minimum Gasteiger partial charge on any atom is -0.465 e. The zero-order valence-electron chi connectivity index (χ0n) is 19.6. The molecule has 2 aromatic carbocycles. The van der Waals surface area contributed by atoms with E-state index in [4.69, 9.17) is 9.47 Å². The van der Waals surface area contributed by atoms with E-state index in [1.165, 1.54) is 4.57 Å². The maximum absolute atomic E-state index is 13.7. The zero-order chi connectivity index (χ0) is 24.7. The lowest BCUT2D eigenvalue weighted by Crippen LogP contribution is -2.37. The fraction of sp³-hybridized carbons (Fsp3) is 0.308. The molecule has 0 spiro atoms. The van der Waals surface area contributed by atoms with Gasteiger partial charge in [-0.3, -0.25) is 19.0 Å². The predicted octanol–water partition coefficient (Wildman–Crippen LogP) is 3.45. The van der Waals surface area contributed by atoms with E-state index in [0.717, 1.165) is 0 Å². The second kappa shape index (κ2) is 11.3. The summed E-state index contributed by atoms with van der Waals surface area (Å²) in [5.74, 6) is -1.56. The average molecular weight is 465 g/mol. The second-order valence-electron chi connectivity index (χ2n) is 7.46. The smallest absolute Gasteiger partial charge is 0.345 e. The topological polar surface area (TPSA) is 94.9 Å². The molecule has 0 atom stereocenters. The summed E-state index contributed by atoms with van der Waals surface area (Å²) in [7, 11) is 0. The van der Waals surface area contributed by atoms with Crippen LogP contribution in [-0.4, -0.2) is 48.6 Å². The molecule has 1 aromatic heterocycles. The first-order valence-corrected chi connectivity index (χ1v) is 11.2. The van der Waals surface area contributed by atoms with Gasteiger partial charge in [-0.1, -0.05) is 48.5 Å². The lowest BCUT2D eigenvalue weighted by atomic mass is 10.1. The number of nitrogens with zero attached hydrogens (tertiary/aromatic N) is 2. The van der Waals surface area contributed by atoms with Crippen LogP contribution in [0, 0.1) is 0 Å². The number of anilines is 1. The van der Waals surface area contributed by atoms with Gasteiger partial charge >= 0.3 is 11.9 Å². The summed E-state index contributed by atoms with van der Waals surface area (Å²) in [5.41, 5.74) is 0.351. The Labute approximate surface area is 197 Å². The summed E-state index contributed by atoms with van der Waals surface area (Å²) in [6.07, 6.45) is 0. The van der Waals surface area contributed by atoms with Crippen LogP contribution in [0.2, 0.25) is 0 Å². The van der Waals surface area contributed by atoms with Gasteiger partial charge in [-0.25, -0.2) is 4.79 Å². The Kier molecular flexibility index (Phi) is 8.19. The van der Waals surface area contributed by atoms with Crippen molar-refractivity contribution in [3.05, 3.63) is 76.1 Å². The SMILES string of the molecule is CCOC(=O)CN(CC)c1c(C(=O)OCC)c(=O)n(CC(=O)c2ccccc2)c2ccccc12. The van der Waals surface area contributed by atoms with Crippen LogP contribution in [0.15, 0.2) is 59.4 Å². The maximum Gasteiger partial charge on any atom is 0.345 e. The van der Waals surface area contributed by atoms with Crippen molar-refractivity contribution in [1.29, 1.82) is 0 Å². The first-order chi connectivity index (χ1) is 16.4. The van der Waals surface area contributed by atoms with Gasteiger partial charge in [0.1, 0.15) is 12.1 Å². The highest BCUT2D eigenvalue weighted by Gasteiger charge is 2.28. The maximum atomic E-state index is 13.7. The molecule has 3 aromatic rings. The van der Waals surface area contributed by atoms with E-state index >= 15 is 0 Å². The Balaban J connectivity index is 2.26. The summed E-state index contributed by atoms with van der Waals surface area (Å²) in [6, 6.07) is 15.6. The summed E-state index contributed by atoms with van der Waals surface area (Å²) < 4.78 is 11.6. The number of ketones is 1. The summed E-state index contributed by atoms with van der Waals surface area (Å²) in [6.45, 7) is 5.38. The average Bonchev–Trinajstić information content (AvgIpc) is 2.84. The number of hydrogen-bond acceptors (Lipinski definition) is 7. The fourth-order valence-corrected chi connectivity index (χ4v) is 3.83. The summed E-state index contributed by atoms with van der Waals surface area (Å²) in [4.78, 5) is 53.6. The van der Waals surface area contributed by atoms with E-state index in [0.29, 0.717) is 23.0 Å². The number of ether oxygens (including phenoxy) is 2. The zero-order valence-corrected chi connectivity index (χ0v) is 19.6. The molecule has 0 amide bonds. The van der Waals surface area contributed by atoms with Crippen LogP contribution >= 0.6 is 0 Å². The quantitative estimate of drug-likeness (QED) is 0.335. The van der Waals surface area contributed by atoms with Gasteiger partial charge in [0.05, 0.1) is 31.0 Å². The van der Waals surface area contributed by atoms with Crippen LogP contribution in [0.5, 0.6) is 0 Å². The Morgan fingerprint density at radius 3 is 2.18 bits per heavy atom. The number of carbonyl (C=O) groups excluding carboxylic acids is 3. The molecule has 0 fully saturated rings. The van der Waals surface area contributed by atoms with Crippen LogP contribution in [0.25, 0.3) is 10.9 Å². The van der Waals surface area contributed by atoms with Crippen molar-refractivity contribution in [2.45, 2.75) is 27.3 Å². The van der Waals surface area contributed by atoms with Crippen molar-refractivity contribution in [2.24, 2.45) is 0 Å². The molecule has 178 valence electrons. The van der Waals surface area contributed by atoms with Crippen molar-refractivity contribution < 1.29 is 23.9 Å². The van der Waals surface area contributed by atoms with E-state index in [-0.39, 0.29) is 43.3 Å². The van der Waals surface area contributed by atoms with Crippen LogP contribution in [0.1, 0.15) is 41.5 Å². The number of fused-ring (bicyclic) bond motifs is 1. The highest BCUT2D eigenvalue weighted by molar-refractivity contribution is 6.06. The molecule has 8 nitrogen and oxygen atoms in total. The number of aromatic nitrogens is 1. The van der Waals surface area contributed by atoms with Gasteiger partial charge in [0.25, 0.3) is 5.56 Å². The molecule has 34 heavy (non-hydrogen) atoms. The normalized spacial score (nSPS) is 10.7. The third-order valence-electron chi connectivity index (χ3n) is 5.35. The lowest BCUT2D eigenvalue weighted by molar-refractivity contribution is -0.141. The van der Waals surface area contributed by atoms with E-state index in [2.05, 4.69) is 0 Å². The minimum absolute atomic E-state index is 0.0670. The number of esters is 2. The molecule has 0 radical (unpaired) electrons. The third-order valence-corrected chi connectivity index (χ3v) is 5.35. The molecule has 8 heteroatoms. The molecule has 0 unspecified atom stereocenters. The Morgan fingerprint density at radius 2 is 1.53 bits per heavy atom. The predicted molar refractivity (Wildman–Crippen MR) is 129 cm³/mol. The Hall–Kier alpha value is -3.94. The molecule has 0 N–H and O–H groups in total. The van der Waals surface area contributed by atoms with Crippen LogP contribution in [-0.2, 0) is 20.8 Å². The van der Waals surface area contributed by atoms with Gasteiger partial charge < -0.3 is 14.4 Å². The largest absolute Gasteiger partial charge is 0.465 e. The van der Waals surface area contributed by atoms with E-state index < -0.39 is 17.5 Å². The Morgan fingerprint density at radius 1 is 0.882 bits per heavy atom. The highest BCUT2D eigenvalue weighted by atomic mass is 16.5. The first kappa shape index (κ1) is 24.7. The molecule has 0 aliphatic rings. The summed E-state index contributed by atoms with van der Waals surface area (Å²) >= 11 is 0.